The molecule has 9 heteroatoms. The van der Waals surface area contributed by atoms with Crippen LogP contribution in [0.3, 0.4) is 0 Å². The lowest BCUT2D eigenvalue weighted by Crippen LogP contribution is -2.42. The van der Waals surface area contributed by atoms with Gasteiger partial charge in [-0.1, -0.05) is 54.6 Å². The Bertz CT molecular complexity index is 1030. The van der Waals surface area contributed by atoms with Gasteiger partial charge in [0.1, 0.15) is 5.75 Å². The van der Waals surface area contributed by atoms with Gasteiger partial charge in [0.05, 0.1) is 16.8 Å². The minimum absolute atomic E-state index is 0.0324. The smallest absolute Gasteiger partial charge is 0.289 e. The molecular formula is C18H15ClN4O3S. The minimum Gasteiger partial charge on any atom is -0.507 e. The molecule has 2 aromatic carbocycles. The molecule has 0 aliphatic heterocycles. The first-order chi connectivity index (χ1) is 13.0. The SMILES string of the molecule is CCSc1ncc(Cl)c(C(=O)NNC(=O)c2cc3ccccc3cc2O)n1. The first kappa shape index (κ1) is 18.9. The fourth-order valence-electron chi connectivity index (χ4n) is 2.36. The van der Waals surface area contributed by atoms with Crippen molar-refractivity contribution in [2.75, 3.05) is 5.75 Å². The predicted molar refractivity (Wildman–Crippen MR) is 104 cm³/mol. The Morgan fingerprint density at radius 1 is 1.15 bits per heavy atom. The Labute approximate surface area is 164 Å². The molecule has 0 radical (unpaired) electrons. The third kappa shape index (κ3) is 4.29. The summed E-state index contributed by atoms with van der Waals surface area (Å²) in [5, 5.41) is 12.1. The van der Waals surface area contributed by atoms with Gasteiger partial charge in [-0.3, -0.25) is 20.4 Å². The Morgan fingerprint density at radius 3 is 2.52 bits per heavy atom. The molecule has 1 heterocycles. The van der Waals surface area contributed by atoms with E-state index < -0.39 is 11.8 Å². The number of halogens is 1. The van der Waals surface area contributed by atoms with Crippen molar-refractivity contribution in [3.63, 3.8) is 0 Å². The molecule has 3 rings (SSSR count). The molecule has 3 N–H and O–H groups in total. The molecule has 0 saturated carbocycles. The zero-order chi connectivity index (χ0) is 19.4. The van der Waals surface area contributed by atoms with Crippen LogP contribution in [0.5, 0.6) is 5.75 Å². The van der Waals surface area contributed by atoms with E-state index in [4.69, 9.17) is 11.6 Å². The highest BCUT2D eigenvalue weighted by atomic mass is 35.5. The number of hydrazine groups is 1. The maximum absolute atomic E-state index is 12.3. The number of phenolic OH excluding ortho intramolecular Hbond substituents is 1. The third-order valence-electron chi connectivity index (χ3n) is 3.61. The van der Waals surface area contributed by atoms with Crippen LogP contribution in [0.15, 0.2) is 47.8 Å². The standard InChI is InChI=1S/C18H15ClN4O3S/c1-2-27-18-20-9-13(19)15(21-18)17(26)23-22-16(25)12-7-10-5-3-4-6-11(10)8-14(12)24/h3-9,24H,2H2,1H3,(H,22,25)(H,23,26). The molecule has 0 aliphatic carbocycles. The first-order valence-corrected chi connectivity index (χ1v) is 9.33. The number of hydrogen-bond donors (Lipinski definition) is 3. The summed E-state index contributed by atoms with van der Waals surface area (Å²) in [6.45, 7) is 1.93. The molecule has 0 aliphatic rings. The molecule has 7 nitrogen and oxygen atoms in total. The molecule has 2 amide bonds. The van der Waals surface area contributed by atoms with Gasteiger partial charge in [-0.2, -0.15) is 0 Å². The number of phenols is 1. The summed E-state index contributed by atoms with van der Waals surface area (Å²) in [4.78, 5) is 32.7. The van der Waals surface area contributed by atoms with Gasteiger partial charge in [0.25, 0.3) is 11.8 Å². The van der Waals surface area contributed by atoms with E-state index in [1.54, 1.807) is 6.07 Å². The number of hydrogen-bond acceptors (Lipinski definition) is 6. The molecule has 0 atom stereocenters. The van der Waals surface area contributed by atoms with Gasteiger partial charge in [0, 0.05) is 0 Å². The number of aromatic hydroxyl groups is 1. The maximum atomic E-state index is 12.3. The van der Waals surface area contributed by atoms with Crippen LogP contribution in [0.2, 0.25) is 5.02 Å². The van der Waals surface area contributed by atoms with Crippen molar-refractivity contribution >= 4 is 45.9 Å². The number of rotatable bonds is 4. The lowest BCUT2D eigenvalue weighted by molar-refractivity contribution is 0.0842. The van der Waals surface area contributed by atoms with E-state index in [0.717, 1.165) is 16.5 Å². The average Bonchev–Trinajstić information content (AvgIpc) is 2.67. The number of amides is 2. The van der Waals surface area contributed by atoms with Crippen molar-refractivity contribution in [1.82, 2.24) is 20.8 Å². The number of fused-ring (bicyclic) bond motifs is 1. The third-order valence-corrected chi connectivity index (χ3v) is 4.63. The summed E-state index contributed by atoms with van der Waals surface area (Å²) in [5.74, 6) is -0.809. The van der Waals surface area contributed by atoms with Gasteiger partial charge < -0.3 is 5.11 Å². The Morgan fingerprint density at radius 2 is 1.81 bits per heavy atom. The zero-order valence-corrected chi connectivity index (χ0v) is 15.8. The summed E-state index contributed by atoms with van der Waals surface area (Å²) in [6, 6.07) is 10.3. The second-order valence-corrected chi connectivity index (χ2v) is 7.05. The Hall–Kier alpha value is -2.84. The summed E-state index contributed by atoms with van der Waals surface area (Å²) in [7, 11) is 0. The van der Waals surface area contributed by atoms with Crippen molar-refractivity contribution in [3.8, 4) is 5.75 Å². The van der Waals surface area contributed by atoms with E-state index in [1.807, 2.05) is 31.2 Å². The normalized spacial score (nSPS) is 10.6. The Kier molecular flexibility index (Phi) is 5.78. The monoisotopic (exact) mass is 402 g/mol. The van der Waals surface area contributed by atoms with Gasteiger partial charge in [0.2, 0.25) is 0 Å². The van der Waals surface area contributed by atoms with Gasteiger partial charge in [-0.15, -0.1) is 0 Å². The number of nitrogens with zero attached hydrogens (tertiary/aromatic N) is 2. The van der Waals surface area contributed by atoms with E-state index in [2.05, 4.69) is 20.8 Å². The number of aromatic nitrogens is 2. The van der Waals surface area contributed by atoms with Gasteiger partial charge in [-0.05, 0) is 28.7 Å². The van der Waals surface area contributed by atoms with E-state index in [0.29, 0.717) is 5.16 Å². The van der Waals surface area contributed by atoms with Crippen molar-refractivity contribution in [2.24, 2.45) is 0 Å². The molecule has 3 aromatic rings. The fourth-order valence-corrected chi connectivity index (χ4v) is 3.08. The number of thioether (sulfide) groups is 1. The van der Waals surface area contributed by atoms with Crippen molar-refractivity contribution in [2.45, 2.75) is 12.1 Å². The van der Waals surface area contributed by atoms with Gasteiger partial charge in [-0.25, -0.2) is 9.97 Å². The second-order valence-electron chi connectivity index (χ2n) is 5.41. The highest BCUT2D eigenvalue weighted by Crippen LogP contribution is 2.24. The molecule has 0 bridgehead atoms. The zero-order valence-electron chi connectivity index (χ0n) is 14.2. The number of nitrogens with one attached hydrogen (secondary N) is 2. The highest BCUT2D eigenvalue weighted by Gasteiger charge is 2.17. The molecule has 27 heavy (non-hydrogen) atoms. The second kappa shape index (κ2) is 8.24. The average molecular weight is 403 g/mol. The quantitative estimate of drug-likeness (QED) is 0.352. The van der Waals surface area contributed by atoms with Gasteiger partial charge >= 0.3 is 0 Å². The summed E-state index contributed by atoms with van der Waals surface area (Å²) < 4.78 is 0. The van der Waals surface area contributed by atoms with E-state index >= 15 is 0 Å². The van der Waals surface area contributed by atoms with E-state index in [-0.39, 0.29) is 22.0 Å². The van der Waals surface area contributed by atoms with Crippen molar-refractivity contribution < 1.29 is 14.7 Å². The van der Waals surface area contributed by atoms with Crippen LogP contribution in [0.1, 0.15) is 27.8 Å². The van der Waals surface area contributed by atoms with Crippen LogP contribution in [-0.4, -0.2) is 32.6 Å². The van der Waals surface area contributed by atoms with Crippen molar-refractivity contribution in [1.29, 1.82) is 0 Å². The van der Waals surface area contributed by atoms with Crippen LogP contribution in [0, 0.1) is 0 Å². The topological polar surface area (TPSA) is 104 Å². The van der Waals surface area contributed by atoms with Crippen LogP contribution < -0.4 is 10.9 Å². The minimum atomic E-state index is -0.686. The lowest BCUT2D eigenvalue weighted by atomic mass is 10.1. The number of benzene rings is 2. The fraction of sp³-hybridized carbons (Fsp3) is 0.111. The molecular weight excluding hydrogens is 388 g/mol. The van der Waals surface area contributed by atoms with Crippen LogP contribution in [0.4, 0.5) is 0 Å². The summed E-state index contributed by atoms with van der Waals surface area (Å²) >= 11 is 7.32. The number of carbonyl (C=O) groups is 2. The van der Waals surface area contributed by atoms with Gasteiger partial charge in [0.15, 0.2) is 10.9 Å². The van der Waals surface area contributed by atoms with Crippen LogP contribution >= 0.6 is 23.4 Å². The Balaban J connectivity index is 1.75. The molecule has 0 spiro atoms. The number of carbonyl (C=O) groups excluding carboxylic acids is 2. The van der Waals surface area contributed by atoms with Crippen LogP contribution in [0.25, 0.3) is 10.8 Å². The predicted octanol–water partition coefficient (Wildman–Crippen LogP) is 3.18. The van der Waals surface area contributed by atoms with Crippen molar-refractivity contribution in [3.05, 3.63) is 58.9 Å². The highest BCUT2D eigenvalue weighted by molar-refractivity contribution is 7.99. The van der Waals surface area contributed by atoms with E-state index in [9.17, 15) is 14.7 Å². The molecule has 1 aromatic heterocycles. The largest absolute Gasteiger partial charge is 0.507 e. The molecule has 138 valence electrons. The maximum Gasteiger partial charge on any atom is 0.289 e. The van der Waals surface area contributed by atoms with E-state index in [1.165, 1.54) is 24.0 Å². The van der Waals surface area contributed by atoms with Crippen LogP contribution in [-0.2, 0) is 0 Å². The summed E-state index contributed by atoms with van der Waals surface area (Å²) in [6.07, 6.45) is 1.33. The lowest BCUT2D eigenvalue weighted by Gasteiger charge is -2.10. The summed E-state index contributed by atoms with van der Waals surface area (Å²) in [5.41, 5.74) is 4.49. The first-order valence-electron chi connectivity index (χ1n) is 7.97. The molecule has 0 unspecified atom stereocenters. The molecule has 0 saturated heterocycles. The molecule has 0 fully saturated rings.